The zero-order valence-electron chi connectivity index (χ0n) is 31.2. The molecule has 0 N–H and O–H groups in total. The van der Waals surface area contributed by atoms with Crippen LogP contribution in [-0.2, 0) is 12.8 Å². The molecule has 0 saturated carbocycles. The number of hydrogen-bond acceptors (Lipinski definition) is 0. The standard InChI is InChI=1S/C44H56Si3/c1-43(2,3)47(44(4,5)6,37-27-33-15-13-17-39(41(33)29-37)31-19-23-35(24-20-31)45(7,8)9)38-28-34-16-14-18-40(42(34)30-38)32-21-25-36(26-22-32)46(10,11)12/h13-26,29-30H,27-28H2,1-12H3. The molecule has 0 spiro atoms. The number of fused-ring (bicyclic) bond motifs is 2. The van der Waals surface area contributed by atoms with Crippen LogP contribution in [0.4, 0.5) is 0 Å². The lowest BCUT2D eigenvalue weighted by Crippen LogP contribution is -2.56. The molecule has 0 radical (unpaired) electrons. The second-order valence-corrected chi connectivity index (χ2v) is 34.3. The first-order chi connectivity index (χ1) is 21.8. The van der Waals surface area contributed by atoms with E-state index in [1.54, 1.807) is 10.4 Å². The first-order valence-corrected chi connectivity index (χ1v) is 26.7. The summed E-state index contributed by atoms with van der Waals surface area (Å²) in [6.07, 6.45) is 7.46. The summed E-state index contributed by atoms with van der Waals surface area (Å²) in [5.41, 5.74) is 11.4. The average molecular weight is 669 g/mol. The monoisotopic (exact) mass is 668 g/mol. The lowest BCUT2D eigenvalue weighted by atomic mass is 9.97. The Morgan fingerprint density at radius 1 is 0.447 bits per heavy atom. The van der Waals surface area contributed by atoms with E-state index in [9.17, 15) is 0 Å². The van der Waals surface area contributed by atoms with E-state index in [2.05, 4.69) is 178 Å². The zero-order valence-corrected chi connectivity index (χ0v) is 34.2. The third-order valence-corrected chi connectivity index (χ3v) is 22.3. The Labute approximate surface area is 289 Å². The molecule has 2 aliphatic carbocycles. The van der Waals surface area contributed by atoms with Crippen LogP contribution < -0.4 is 10.4 Å². The zero-order chi connectivity index (χ0) is 34.2. The van der Waals surface area contributed by atoms with Crippen LogP contribution in [0.25, 0.3) is 34.4 Å². The van der Waals surface area contributed by atoms with Crippen LogP contribution in [0.2, 0.25) is 49.4 Å². The molecule has 0 saturated heterocycles. The Morgan fingerprint density at radius 3 is 1.09 bits per heavy atom. The minimum atomic E-state index is -2.31. The van der Waals surface area contributed by atoms with Crippen molar-refractivity contribution in [2.24, 2.45) is 0 Å². The largest absolute Gasteiger partial charge is 0.120 e. The van der Waals surface area contributed by atoms with Gasteiger partial charge in [0.05, 0.1) is 16.1 Å². The first-order valence-electron chi connectivity index (χ1n) is 17.7. The highest BCUT2D eigenvalue weighted by molar-refractivity contribution is 6.98. The fourth-order valence-corrected chi connectivity index (χ4v) is 19.8. The van der Waals surface area contributed by atoms with E-state index in [0.717, 1.165) is 12.8 Å². The summed E-state index contributed by atoms with van der Waals surface area (Å²) in [6.45, 7) is 29.9. The molecule has 0 aliphatic heterocycles. The molecule has 0 heterocycles. The fraction of sp³-hybridized carbons (Fsp3) is 0.364. The van der Waals surface area contributed by atoms with E-state index in [0.29, 0.717) is 0 Å². The Morgan fingerprint density at radius 2 is 0.787 bits per heavy atom. The van der Waals surface area contributed by atoms with Gasteiger partial charge in [-0.2, -0.15) is 0 Å². The molecule has 0 unspecified atom stereocenters. The molecule has 3 heteroatoms. The Bertz CT molecular complexity index is 1730. The van der Waals surface area contributed by atoms with Crippen molar-refractivity contribution in [1.82, 2.24) is 0 Å². The Balaban J connectivity index is 1.49. The van der Waals surface area contributed by atoms with Crippen molar-refractivity contribution in [3.63, 3.8) is 0 Å². The summed E-state index contributed by atoms with van der Waals surface area (Å²) in [5.74, 6) is 0. The molecule has 0 amide bonds. The van der Waals surface area contributed by atoms with Gasteiger partial charge in [-0.3, -0.25) is 0 Å². The smallest absolute Gasteiger partial charge is 0.0699 e. The van der Waals surface area contributed by atoms with Crippen molar-refractivity contribution in [2.75, 3.05) is 0 Å². The summed E-state index contributed by atoms with van der Waals surface area (Å²) in [5, 5.41) is 6.75. The molecule has 0 fully saturated rings. The van der Waals surface area contributed by atoms with Crippen LogP contribution in [-0.4, -0.2) is 24.2 Å². The highest BCUT2D eigenvalue weighted by Crippen LogP contribution is 2.62. The average Bonchev–Trinajstić information content (AvgIpc) is 3.60. The summed E-state index contributed by atoms with van der Waals surface area (Å²) >= 11 is 0. The molecule has 0 atom stereocenters. The first kappa shape index (κ1) is 33.9. The van der Waals surface area contributed by atoms with Crippen molar-refractivity contribution in [1.29, 1.82) is 0 Å². The van der Waals surface area contributed by atoms with E-state index in [-0.39, 0.29) is 10.1 Å². The molecule has 6 rings (SSSR count). The molecule has 0 nitrogen and oxygen atoms in total. The number of allylic oxidation sites excluding steroid dienone is 2. The third-order valence-electron chi connectivity index (χ3n) is 11.1. The minimum Gasteiger partial charge on any atom is -0.0699 e. The molecule has 0 aromatic heterocycles. The summed E-state index contributed by atoms with van der Waals surface area (Å²) in [4.78, 5) is 0. The molecular formula is C44H56Si3. The van der Waals surface area contributed by atoms with Gasteiger partial charge in [0.25, 0.3) is 0 Å². The second-order valence-electron chi connectivity index (χ2n) is 18.4. The molecule has 2 aliphatic rings. The van der Waals surface area contributed by atoms with E-state index in [1.807, 2.05) is 0 Å². The van der Waals surface area contributed by atoms with Crippen LogP contribution in [0.5, 0.6) is 0 Å². The van der Waals surface area contributed by atoms with Crippen LogP contribution in [0, 0.1) is 0 Å². The molecule has 0 bridgehead atoms. The lowest BCUT2D eigenvalue weighted by molar-refractivity contribution is 0.622. The van der Waals surface area contributed by atoms with Gasteiger partial charge in [-0.1, -0.05) is 199 Å². The Hall–Kier alpha value is -2.99. The molecule has 244 valence electrons. The maximum absolute atomic E-state index is 2.67. The maximum atomic E-state index is 2.67. The van der Waals surface area contributed by atoms with Gasteiger partial charge in [0.1, 0.15) is 8.07 Å². The molecule has 4 aromatic carbocycles. The fourth-order valence-electron chi connectivity index (χ4n) is 9.28. The summed E-state index contributed by atoms with van der Waals surface area (Å²) in [6, 6.07) is 33.1. The van der Waals surface area contributed by atoms with Crippen molar-refractivity contribution < 1.29 is 0 Å². The van der Waals surface area contributed by atoms with Crippen LogP contribution in [0.15, 0.2) is 95.3 Å². The predicted octanol–water partition coefficient (Wildman–Crippen LogP) is 11.8. The molecular weight excluding hydrogens is 613 g/mol. The third kappa shape index (κ3) is 5.87. The number of rotatable bonds is 6. The van der Waals surface area contributed by atoms with E-state index >= 15 is 0 Å². The van der Waals surface area contributed by atoms with Gasteiger partial charge in [0.2, 0.25) is 0 Å². The van der Waals surface area contributed by atoms with Gasteiger partial charge in [0, 0.05) is 0 Å². The van der Waals surface area contributed by atoms with Crippen molar-refractivity contribution >= 4 is 46.7 Å². The van der Waals surface area contributed by atoms with Crippen molar-refractivity contribution in [3.05, 3.63) is 118 Å². The quantitative estimate of drug-likeness (QED) is 0.179. The van der Waals surface area contributed by atoms with Gasteiger partial charge >= 0.3 is 0 Å². The highest BCUT2D eigenvalue weighted by atomic mass is 28.3. The minimum absolute atomic E-state index is 0.144. The van der Waals surface area contributed by atoms with Gasteiger partial charge in [-0.15, -0.1) is 0 Å². The summed E-state index contributed by atoms with van der Waals surface area (Å²) < 4.78 is 0. The van der Waals surface area contributed by atoms with Gasteiger partial charge in [0.15, 0.2) is 0 Å². The van der Waals surface area contributed by atoms with Gasteiger partial charge in [-0.05, 0) is 67.4 Å². The van der Waals surface area contributed by atoms with Crippen molar-refractivity contribution in [3.8, 4) is 22.3 Å². The second kappa shape index (κ2) is 11.6. The number of hydrogen-bond donors (Lipinski definition) is 0. The van der Waals surface area contributed by atoms with Crippen LogP contribution in [0.1, 0.15) is 63.8 Å². The lowest BCUT2D eigenvalue weighted by Gasteiger charge is -2.54. The topological polar surface area (TPSA) is 0 Å². The van der Waals surface area contributed by atoms with E-state index < -0.39 is 24.2 Å². The normalized spacial score (nSPS) is 15.3. The van der Waals surface area contributed by atoms with Gasteiger partial charge in [-0.25, -0.2) is 0 Å². The highest BCUT2D eigenvalue weighted by Gasteiger charge is 2.58. The van der Waals surface area contributed by atoms with Gasteiger partial charge < -0.3 is 0 Å². The molecule has 4 aromatic rings. The van der Waals surface area contributed by atoms with Crippen molar-refractivity contribution in [2.45, 2.75) is 104 Å². The molecule has 47 heavy (non-hydrogen) atoms. The van der Waals surface area contributed by atoms with E-state index in [1.165, 1.54) is 54.9 Å². The Kier molecular flexibility index (Phi) is 8.34. The predicted molar refractivity (Wildman–Crippen MR) is 218 cm³/mol. The SMILES string of the molecule is CC(C)(C)[Si](C1=Cc2c(cccc2-c2ccc([Si](C)(C)C)cc2)C1)(C1=Cc2c(cccc2-c2ccc([Si](C)(C)C)cc2)C1)C(C)(C)C. The summed E-state index contributed by atoms with van der Waals surface area (Å²) in [7, 11) is -5.00. The van der Waals surface area contributed by atoms with E-state index in [4.69, 9.17) is 0 Å². The van der Waals surface area contributed by atoms with Crippen LogP contribution in [0.3, 0.4) is 0 Å². The van der Waals surface area contributed by atoms with Crippen LogP contribution >= 0.6 is 0 Å². The number of benzene rings is 4. The maximum Gasteiger partial charge on any atom is 0.120 e.